The first kappa shape index (κ1) is 9.55. The number of pyridine rings is 1. The third kappa shape index (κ3) is 1.91. The number of thiophene rings is 1. The molecule has 2 aromatic rings. The van der Waals surface area contributed by atoms with Gasteiger partial charge in [0.05, 0.1) is 4.88 Å². The summed E-state index contributed by atoms with van der Waals surface area (Å²) < 4.78 is 0.819. The van der Waals surface area contributed by atoms with E-state index in [9.17, 15) is 4.79 Å². The zero-order valence-electron chi connectivity index (χ0n) is 7.11. The van der Waals surface area contributed by atoms with E-state index in [2.05, 4.69) is 20.9 Å². The van der Waals surface area contributed by atoms with E-state index in [1.54, 1.807) is 18.5 Å². The number of hydrogen-bond acceptors (Lipinski definition) is 3. The third-order valence-electron chi connectivity index (χ3n) is 1.71. The van der Waals surface area contributed by atoms with Crippen LogP contribution in [0.3, 0.4) is 0 Å². The second kappa shape index (κ2) is 4.02. The minimum Gasteiger partial charge on any atom is -0.288 e. The van der Waals surface area contributed by atoms with E-state index >= 15 is 0 Å². The average molecular weight is 268 g/mol. The van der Waals surface area contributed by atoms with Gasteiger partial charge < -0.3 is 0 Å². The van der Waals surface area contributed by atoms with Gasteiger partial charge in [-0.15, -0.1) is 11.3 Å². The van der Waals surface area contributed by atoms with Crippen molar-refractivity contribution in [1.29, 1.82) is 0 Å². The Morgan fingerprint density at radius 3 is 2.93 bits per heavy atom. The predicted molar refractivity (Wildman–Crippen MR) is 59.7 cm³/mol. The minimum absolute atomic E-state index is 0.0220. The standard InChI is InChI=1S/C10H6BrNOS/c11-8-4-7(5-12-6-8)10(13)9-2-1-3-14-9/h1-6H. The first-order valence-electron chi connectivity index (χ1n) is 3.96. The van der Waals surface area contributed by atoms with Gasteiger partial charge >= 0.3 is 0 Å². The molecule has 0 amide bonds. The number of hydrogen-bond donors (Lipinski definition) is 0. The van der Waals surface area contributed by atoms with Gasteiger partial charge in [0.1, 0.15) is 0 Å². The lowest BCUT2D eigenvalue weighted by Crippen LogP contribution is -1.98. The molecule has 2 nitrogen and oxygen atoms in total. The van der Waals surface area contributed by atoms with Gasteiger partial charge in [-0.2, -0.15) is 0 Å². The van der Waals surface area contributed by atoms with E-state index in [0.717, 1.165) is 9.35 Å². The number of rotatable bonds is 2. The lowest BCUT2D eigenvalue weighted by molar-refractivity contribution is 0.104. The first-order chi connectivity index (χ1) is 6.77. The Bertz CT molecular complexity index is 453. The Hall–Kier alpha value is -1.00. The number of halogens is 1. The summed E-state index contributed by atoms with van der Waals surface area (Å²) in [5, 5.41) is 1.89. The minimum atomic E-state index is 0.0220. The van der Waals surface area contributed by atoms with Crippen LogP contribution in [0.2, 0.25) is 0 Å². The summed E-state index contributed by atoms with van der Waals surface area (Å²) in [4.78, 5) is 16.5. The number of aromatic nitrogens is 1. The maximum Gasteiger partial charge on any atom is 0.204 e. The highest BCUT2D eigenvalue weighted by atomic mass is 79.9. The molecule has 0 aliphatic rings. The Morgan fingerprint density at radius 1 is 1.43 bits per heavy atom. The van der Waals surface area contributed by atoms with E-state index in [1.165, 1.54) is 11.3 Å². The van der Waals surface area contributed by atoms with Crippen molar-refractivity contribution in [2.45, 2.75) is 0 Å². The molecular formula is C10H6BrNOS. The molecule has 0 bridgehead atoms. The Labute approximate surface area is 93.7 Å². The molecule has 70 valence electrons. The van der Waals surface area contributed by atoms with Crippen LogP contribution >= 0.6 is 27.3 Å². The highest BCUT2D eigenvalue weighted by Crippen LogP contribution is 2.17. The maximum atomic E-state index is 11.8. The highest BCUT2D eigenvalue weighted by Gasteiger charge is 2.09. The molecule has 2 rings (SSSR count). The monoisotopic (exact) mass is 267 g/mol. The molecule has 2 aromatic heterocycles. The average Bonchev–Trinajstić information content (AvgIpc) is 2.69. The Morgan fingerprint density at radius 2 is 2.29 bits per heavy atom. The van der Waals surface area contributed by atoms with Crippen LogP contribution in [0.4, 0.5) is 0 Å². The van der Waals surface area contributed by atoms with Gasteiger partial charge in [-0.1, -0.05) is 6.07 Å². The molecule has 4 heteroatoms. The molecule has 0 unspecified atom stereocenters. The van der Waals surface area contributed by atoms with Crippen LogP contribution < -0.4 is 0 Å². The zero-order valence-corrected chi connectivity index (χ0v) is 9.51. The van der Waals surface area contributed by atoms with Crippen LogP contribution in [0.5, 0.6) is 0 Å². The van der Waals surface area contributed by atoms with E-state index in [1.807, 2.05) is 17.5 Å². The number of carbonyl (C=O) groups excluding carboxylic acids is 1. The molecule has 0 saturated carbocycles. The van der Waals surface area contributed by atoms with Gasteiger partial charge in [0.15, 0.2) is 0 Å². The molecule has 0 fully saturated rings. The number of nitrogens with zero attached hydrogens (tertiary/aromatic N) is 1. The van der Waals surface area contributed by atoms with Crippen molar-refractivity contribution in [2.24, 2.45) is 0 Å². The van der Waals surface area contributed by atoms with Crippen LogP contribution in [0.15, 0.2) is 40.4 Å². The predicted octanol–water partition coefficient (Wildman–Crippen LogP) is 3.14. The van der Waals surface area contributed by atoms with Crippen molar-refractivity contribution >= 4 is 33.0 Å². The molecule has 0 radical (unpaired) electrons. The lowest BCUT2D eigenvalue weighted by atomic mass is 10.2. The quantitative estimate of drug-likeness (QED) is 0.783. The molecule has 14 heavy (non-hydrogen) atoms. The van der Waals surface area contributed by atoms with Gasteiger partial charge in [-0.25, -0.2) is 0 Å². The summed E-state index contributed by atoms with van der Waals surface area (Å²) in [6.45, 7) is 0. The Kier molecular flexibility index (Phi) is 2.74. The fourth-order valence-corrected chi connectivity index (χ4v) is 2.14. The molecule has 0 aliphatic heterocycles. The normalized spacial score (nSPS) is 10.1. The van der Waals surface area contributed by atoms with Gasteiger partial charge in [0.25, 0.3) is 0 Å². The second-order valence-corrected chi connectivity index (χ2v) is 4.56. The van der Waals surface area contributed by atoms with Crippen LogP contribution in [0.25, 0.3) is 0 Å². The summed E-state index contributed by atoms with van der Waals surface area (Å²) in [7, 11) is 0. The first-order valence-corrected chi connectivity index (χ1v) is 5.63. The lowest BCUT2D eigenvalue weighted by Gasteiger charge is -1.97. The second-order valence-electron chi connectivity index (χ2n) is 2.70. The van der Waals surface area contributed by atoms with Crippen molar-refractivity contribution < 1.29 is 4.79 Å². The summed E-state index contributed by atoms with van der Waals surface area (Å²) in [6.07, 6.45) is 3.23. The molecule has 0 aliphatic carbocycles. The SMILES string of the molecule is O=C(c1cncc(Br)c1)c1cccs1. The molecule has 0 atom stereocenters. The van der Waals surface area contributed by atoms with Crippen molar-refractivity contribution in [3.63, 3.8) is 0 Å². The van der Waals surface area contributed by atoms with E-state index in [4.69, 9.17) is 0 Å². The van der Waals surface area contributed by atoms with Crippen molar-refractivity contribution in [1.82, 2.24) is 4.98 Å². The number of carbonyl (C=O) groups is 1. The smallest absolute Gasteiger partial charge is 0.204 e. The van der Waals surface area contributed by atoms with E-state index in [0.29, 0.717) is 5.56 Å². The summed E-state index contributed by atoms with van der Waals surface area (Å²) in [5.41, 5.74) is 0.613. The molecule has 0 N–H and O–H groups in total. The van der Waals surface area contributed by atoms with E-state index < -0.39 is 0 Å². The van der Waals surface area contributed by atoms with Gasteiger partial charge in [0.2, 0.25) is 5.78 Å². The summed E-state index contributed by atoms with van der Waals surface area (Å²) in [5.74, 6) is 0.0220. The molecular weight excluding hydrogens is 262 g/mol. The third-order valence-corrected chi connectivity index (χ3v) is 3.01. The van der Waals surface area contributed by atoms with Crippen LogP contribution in [-0.4, -0.2) is 10.8 Å². The van der Waals surface area contributed by atoms with Gasteiger partial charge in [-0.05, 0) is 33.4 Å². The van der Waals surface area contributed by atoms with Crippen molar-refractivity contribution in [3.8, 4) is 0 Å². The van der Waals surface area contributed by atoms with E-state index in [-0.39, 0.29) is 5.78 Å². The van der Waals surface area contributed by atoms with Crippen LogP contribution in [-0.2, 0) is 0 Å². The van der Waals surface area contributed by atoms with Crippen molar-refractivity contribution in [2.75, 3.05) is 0 Å². The highest BCUT2D eigenvalue weighted by molar-refractivity contribution is 9.10. The Balaban J connectivity index is 2.37. The van der Waals surface area contributed by atoms with Crippen LogP contribution in [0.1, 0.15) is 15.2 Å². The fourth-order valence-electron chi connectivity index (χ4n) is 1.09. The van der Waals surface area contributed by atoms with Crippen LogP contribution in [0, 0.1) is 0 Å². The largest absolute Gasteiger partial charge is 0.288 e. The van der Waals surface area contributed by atoms with Gasteiger partial charge in [0, 0.05) is 22.4 Å². The van der Waals surface area contributed by atoms with Gasteiger partial charge in [-0.3, -0.25) is 9.78 Å². The zero-order chi connectivity index (χ0) is 9.97. The topological polar surface area (TPSA) is 30.0 Å². The molecule has 0 spiro atoms. The maximum absolute atomic E-state index is 11.8. The van der Waals surface area contributed by atoms with Crippen molar-refractivity contribution in [3.05, 3.63) is 50.9 Å². The molecule has 2 heterocycles. The summed E-state index contributed by atoms with van der Waals surface area (Å²) in [6, 6.07) is 5.45. The fraction of sp³-hybridized carbons (Fsp3) is 0. The number of ketones is 1. The summed E-state index contributed by atoms with van der Waals surface area (Å²) >= 11 is 4.72. The molecule has 0 saturated heterocycles. The molecule has 0 aromatic carbocycles.